The molecular formula is C24H22ClN5O3. The molecule has 3 aromatic rings. The first-order valence-corrected chi connectivity index (χ1v) is 10.6. The zero-order chi connectivity index (χ0) is 23.5. The Balaban J connectivity index is 1.76. The Morgan fingerprint density at radius 3 is 2.73 bits per heavy atom. The summed E-state index contributed by atoms with van der Waals surface area (Å²) in [4.78, 5) is 24.9. The highest BCUT2D eigenvalue weighted by molar-refractivity contribution is 6.40. The second kappa shape index (κ2) is 9.30. The maximum atomic E-state index is 11.3. The molecule has 8 nitrogen and oxygen atoms in total. The van der Waals surface area contributed by atoms with Crippen LogP contribution >= 0.6 is 11.6 Å². The van der Waals surface area contributed by atoms with Crippen molar-refractivity contribution in [3.63, 3.8) is 0 Å². The van der Waals surface area contributed by atoms with Gasteiger partial charge in [0.1, 0.15) is 5.75 Å². The lowest BCUT2D eigenvalue weighted by Gasteiger charge is -2.22. The van der Waals surface area contributed by atoms with E-state index in [0.717, 1.165) is 16.7 Å². The summed E-state index contributed by atoms with van der Waals surface area (Å²) in [5.41, 5.74) is 11.6. The van der Waals surface area contributed by atoms with Crippen LogP contribution in [0.15, 0.2) is 59.4 Å². The molecule has 1 heterocycles. The molecule has 2 aromatic carbocycles. The topological polar surface area (TPSA) is 123 Å². The molecule has 4 rings (SSSR count). The molecule has 0 aliphatic heterocycles. The molecule has 0 atom stereocenters. The molecule has 168 valence electrons. The number of ether oxygens (including phenoxy) is 1. The van der Waals surface area contributed by atoms with Gasteiger partial charge < -0.3 is 20.9 Å². The third-order valence-corrected chi connectivity index (χ3v) is 5.70. The third-order valence-electron chi connectivity index (χ3n) is 5.37. The molecule has 0 amide bonds. The largest absolute Gasteiger partial charge is 0.495 e. The minimum Gasteiger partial charge on any atom is -0.495 e. The van der Waals surface area contributed by atoms with Gasteiger partial charge in [0.05, 0.1) is 29.8 Å². The molecule has 0 radical (unpaired) electrons. The molecule has 0 unspecified atom stereocenters. The van der Waals surface area contributed by atoms with E-state index in [1.807, 2.05) is 24.3 Å². The number of halogens is 1. The number of carboxylic acids is 1. The molecule has 0 bridgehead atoms. The second-order valence-electron chi connectivity index (χ2n) is 7.36. The molecule has 0 fully saturated rings. The first kappa shape index (κ1) is 22.3. The molecule has 9 heteroatoms. The van der Waals surface area contributed by atoms with Gasteiger partial charge in [-0.3, -0.25) is 4.99 Å². The predicted octanol–water partition coefficient (Wildman–Crippen LogP) is 4.32. The van der Waals surface area contributed by atoms with Gasteiger partial charge in [-0.15, -0.1) is 0 Å². The lowest BCUT2D eigenvalue weighted by molar-refractivity contribution is 0.0696. The first-order chi connectivity index (χ1) is 15.9. The van der Waals surface area contributed by atoms with Gasteiger partial charge in [-0.05, 0) is 42.7 Å². The van der Waals surface area contributed by atoms with Crippen molar-refractivity contribution in [1.29, 1.82) is 0 Å². The predicted molar refractivity (Wildman–Crippen MR) is 129 cm³/mol. The van der Waals surface area contributed by atoms with Crippen molar-refractivity contribution in [1.82, 2.24) is 9.97 Å². The number of aryl methyl sites for hydroxylation is 1. The number of aromatic carboxylic acids is 1. The van der Waals surface area contributed by atoms with E-state index >= 15 is 0 Å². The van der Waals surface area contributed by atoms with Crippen molar-refractivity contribution in [2.45, 2.75) is 12.8 Å². The van der Waals surface area contributed by atoms with Gasteiger partial charge in [0.2, 0.25) is 5.95 Å². The number of hydrogen-bond donors (Lipinski definition) is 3. The van der Waals surface area contributed by atoms with Crippen LogP contribution in [0.5, 0.6) is 5.75 Å². The van der Waals surface area contributed by atoms with Crippen molar-refractivity contribution in [2.75, 3.05) is 19.5 Å². The van der Waals surface area contributed by atoms with E-state index in [1.54, 1.807) is 19.3 Å². The summed E-state index contributed by atoms with van der Waals surface area (Å²) in [5, 5.41) is 12.9. The number of nitrogens with zero attached hydrogens (tertiary/aromatic N) is 3. The van der Waals surface area contributed by atoms with Crippen LogP contribution in [0.1, 0.15) is 33.6 Å². The van der Waals surface area contributed by atoms with E-state index in [2.05, 4.69) is 15.3 Å². The molecule has 1 aliphatic carbocycles. The maximum absolute atomic E-state index is 11.3. The molecule has 1 aromatic heterocycles. The number of nitrogens with one attached hydrogen (secondary N) is 1. The number of carboxylic acid groups (broad SMARTS) is 1. The number of aromatic nitrogens is 2. The Kier molecular flexibility index (Phi) is 6.28. The first-order valence-electron chi connectivity index (χ1n) is 10.2. The number of hydrogen-bond acceptors (Lipinski definition) is 7. The van der Waals surface area contributed by atoms with Gasteiger partial charge in [0.15, 0.2) is 0 Å². The lowest BCUT2D eigenvalue weighted by Crippen LogP contribution is -2.20. The second-order valence-corrected chi connectivity index (χ2v) is 7.77. The van der Waals surface area contributed by atoms with E-state index in [-0.39, 0.29) is 5.56 Å². The monoisotopic (exact) mass is 463 g/mol. The average Bonchev–Trinajstić information content (AvgIpc) is 2.82. The van der Waals surface area contributed by atoms with E-state index in [1.165, 1.54) is 19.2 Å². The molecule has 0 saturated heterocycles. The van der Waals surface area contributed by atoms with Crippen LogP contribution in [0.25, 0.3) is 5.57 Å². The van der Waals surface area contributed by atoms with E-state index in [0.29, 0.717) is 52.4 Å². The van der Waals surface area contributed by atoms with Gasteiger partial charge in [0.25, 0.3) is 0 Å². The summed E-state index contributed by atoms with van der Waals surface area (Å²) in [6.45, 7) is 0. The van der Waals surface area contributed by atoms with Crippen molar-refractivity contribution in [2.24, 2.45) is 10.7 Å². The lowest BCUT2D eigenvalue weighted by atomic mass is 9.88. The zero-order valence-electron chi connectivity index (χ0n) is 18.1. The van der Waals surface area contributed by atoms with Gasteiger partial charge >= 0.3 is 5.97 Å². The number of carbonyl (C=O) groups is 1. The summed E-state index contributed by atoms with van der Waals surface area (Å²) >= 11 is 6.45. The van der Waals surface area contributed by atoms with Gasteiger partial charge in [-0.25, -0.2) is 14.8 Å². The van der Waals surface area contributed by atoms with Crippen molar-refractivity contribution in [3.8, 4) is 5.75 Å². The highest BCUT2D eigenvalue weighted by Crippen LogP contribution is 2.34. The van der Waals surface area contributed by atoms with Gasteiger partial charge in [-0.1, -0.05) is 29.8 Å². The smallest absolute Gasteiger partial charge is 0.335 e. The van der Waals surface area contributed by atoms with Crippen molar-refractivity contribution < 1.29 is 14.6 Å². The summed E-state index contributed by atoms with van der Waals surface area (Å²) in [6.07, 6.45) is 3.13. The van der Waals surface area contributed by atoms with E-state index < -0.39 is 5.97 Å². The Morgan fingerprint density at radius 2 is 2.03 bits per heavy atom. The van der Waals surface area contributed by atoms with Crippen LogP contribution in [0.4, 0.5) is 11.6 Å². The fourth-order valence-corrected chi connectivity index (χ4v) is 3.97. The fourth-order valence-electron chi connectivity index (χ4n) is 3.75. The molecular weight excluding hydrogens is 442 g/mol. The standard InChI is InChI=1S/C24H22ClN5O3/c1-27-22(15-5-3-4-6-16(15)25)20-17(26)9-7-14-12-28-24(30-21(14)20)29-18-10-8-13(23(31)32)11-19(18)33-2/h3-6,8,10-12H,7,9,26H2,1-2H3,(H,31,32)(H,28,29,30). The van der Waals surface area contributed by atoms with Crippen LogP contribution in [0.3, 0.4) is 0 Å². The molecule has 0 saturated carbocycles. The number of nitrogens with two attached hydrogens (primary N) is 1. The Morgan fingerprint density at radius 1 is 1.24 bits per heavy atom. The Labute approximate surface area is 195 Å². The minimum absolute atomic E-state index is 0.116. The van der Waals surface area contributed by atoms with Crippen LogP contribution < -0.4 is 15.8 Å². The summed E-state index contributed by atoms with van der Waals surface area (Å²) in [5.74, 6) is -0.364. The van der Waals surface area contributed by atoms with Crippen molar-refractivity contribution >= 4 is 40.5 Å². The molecule has 4 N–H and O–H groups in total. The normalized spacial score (nSPS) is 13.5. The van der Waals surface area contributed by atoms with E-state index in [4.69, 9.17) is 27.1 Å². The van der Waals surface area contributed by atoms with Crippen LogP contribution in [-0.4, -0.2) is 40.9 Å². The maximum Gasteiger partial charge on any atom is 0.335 e. The number of benzene rings is 2. The van der Waals surface area contributed by atoms with Crippen LogP contribution in [0, 0.1) is 0 Å². The number of allylic oxidation sites excluding steroid dienone is 2. The van der Waals surface area contributed by atoms with Gasteiger partial charge in [-0.2, -0.15) is 0 Å². The SMILES string of the molecule is CN=C(C1=C(N)CCc2cnc(Nc3ccc(C(=O)O)cc3OC)nc21)c1ccccc1Cl. The highest BCUT2D eigenvalue weighted by atomic mass is 35.5. The minimum atomic E-state index is -1.04. The quantitative estimate of drug-likeness (QED) is 0.465. The molecule has 0 spiro atoms. The summed E-state index contributed by atoms with van der Waals surface area (Å²) < 4.78 is 5.34. The van der Waals surface area contributed by atoms with E-state index in [9.17, 15) is 9.90 Å². The number of rotatable bonds is 6. The average molecular weight is 464 g/mol. The fraction of sp³-hybridized carbons (Fsp3) is 0.167. The number of aliphatic imine (C=N–C) groups is 1. The number of methoxy groups -OCH3 is 1. The number of anilines is 2. The Bertz CT molecular complexity index is 1300. The van der Waals surface area contributed by atoms with Crippen LogP contribution in [0.2, 0.25) is 5.02 Å². The van der Waals surface area contributed by atoms with Crippen molar-refractivity contribution in [3.05, 3.63) is 81.8 Å². The molecule has 1 aliphatic rings. The summed E-state index contributed by atoms with van der Waals surface area (Å²) in [6, 6.07) is 12.0. The Hall–Kier alpha value is -3.91. The molecule has 33 heavy (non-hydrogen) atoms. The van der Waals surface area contributed by atoms with Gasteiger partial charge in [0, 0.05) is 35.1 Å². The highest BCUT2D eigenvalue weighted by Gasteiger charge is 2.26. The summed E-state index contributed by atoms with van der Waals surface area (Å²) in [7, 11) is 3.16. The third kappa shape index (κ3) is 4.38. The van der Waals surface area contributed by atoms with Crippen LogP contribution in [-0.2, 0) is 6.42 Å². The zero-order valence-corrected chi connectivity index (χ0v) is 18.8. The number of fused-ring (bicyclic) bond motifs is 1.